The van der Waals surface area contributed by atoms with Gasteiger partial charge in [0.05, 0.1) is 12.7 Å². The van der Waals surface area contributed by atoms with Gasteiger partial charge in [-0.05, 0) is 43.5 Å². The zero-order chi connectivity index (χ0) is 14.4. The van der Waals surface area contributed by atoms with Crippen molar-refractivity contribution in [1.82, 2.24) is 4.90 Å². The van der Waals surface area contributed by atoms with Crippen molar-refractivity contribution in [3.63, 3.8) is 0 Å². The van der Waals surface area contributed by atoms with E-state index in [1.165, 1.54) is 0 Å². The van der Waals surface area contributed by atoms with E-state index in [2.05, 4.69) is 15.9 Å². The van der Waals surface area contributed by atoms with Gasteiger partial charge in [0.15, 0.2) is 0 Å². The fourth-order valence-electron chi connectivity index (χ4n) is 2.22. The zero-order valence-electron chi connectivity index (χ0n) is 11.4. The van der Waals surface area contributed by atoms with Crippen molar-refractivity contribution in [2.24, 2.45) is 0 Å². The molecule has 1 saturated heterocycles. The number of hydrogen-bond acceptors (Lipinski definition) is 3. The Kier molecular flexibility index (Phi) is 5.86. The molecule has 110 valence electrons. The first kappa shape index (κ1) is 15.3. The quantitative estimate of drug-likeness (QED) is 0.837. The highest BCUT2D eigenvalue weighted by molar-refractivity contribution is 9.10. The number of halogens is 1. The van der Waals surface area contributed by atoms with Crippen LogP contribution in [0, 0.1) is 0 Å². The summed E-state index contributed by atoms with van der Waals surface area (Å²) >= 11 is 3.37. The van der Waals surface area contributed by atoms with E-state index in [9.17, 15) is 9.90 Å². The molecule has 0 bridgehead atoms. The number of carbonyl (C=O) groups excluding carboxylic acids is 1. The lowest BCUT2D eigenvalue weighted by Crippen LogP contribution is -2.40. The van der Waals surface area contributed by atoms with Gasteiger partial charge in [-0.1, -0.05) is 15.9 Å². The molecule has 0 aromatic heterocycles. The van der Waals surface area contributed by atoms with Crippen LogP contribution in [-0.4, -0.2) is 41.7 Å². The first-order chi connectivity index (χ1) is 9.65. The molecule has 0 unspecified atom stereocenters. The summed E-state index contributed by atoms with van der Waals surface area (Å²) in [5, 5.41) is 9.41. The van der Waals surface area contributed by atoms with Crippen molar-refractivity contribution in [3.8, 4) is 5.75 Å². The molecule has 20 heavy (non-hydrogen) atoms. The molecule has 1 aromatic carbocycles. The van der Waals surface area contributed by atoms with Crippen molar-refractivity contribution in [3.05, 3.63) is 28.7 Å². The number of nitrogens with zero attached hydrogens (tertiary/aromatic N) is 1. The Hall–Kier alpha value is -1.07. The van der Waals surface area contributed by atoms with Crippen LogP contribution in [0.25, 0.3) is 0 Å². The minimum atomic E-state index is -0.236. The van der Waals surface area contributed by atoms with Gasteiger partial charge >= 0.3 is 0 Å². The smallest absolute Gasteiger partial charge is 0.222 e. The highest BCUT2D eigenvalue weighted by Gasteiger charge is 2.20. The third-order valence-corrected chi connectivity index (χ3v) is 3.96. The minimum Gasteiger partial charge on any atom is -0.494 e. The Labute approximate surface area is 127 Å². The highest BCUT2D eigenvalue weighted by atomic mass is 79.9. The standard InChI is InChI=1S/C15H20BrNO3/c16-12-3-5-14(6-4-12)20-11-1-2-15(19)17-9-7-13(18)8-10-17/h3-6,13,18H,1-2,7-11H2. The van der Waals surface area contributed by atoms with Crippen molar-refractivity contribution >= 4 is 21.8 Å². The molecule has 1 aliphatic heterocycles. The zero-order valence-corrected chi connectivity index (χ0v) is 13.0. The van der Waals surface area contributed by atoms with Gasteiger partial charge in [-0.25, -0.2) is 0 Å². The van der Waals surface area contributed by atoms with Crippen LogP contribution in [0.2, 0.25) is 0 Å². The van der Waals surface area contributed by atoms with E-state index >= 15 is 0 Å². The Morgan fingerprint density at radius 3 is 2.60 bits per heavy atom. The molecule has 0 spiro atoms. The van der Waals surface area contributed by atoms with Gasteiger partial charge in [0.1, 0.15) is 5.75 Å². The number of aliphatic hydroxyl groups excluding tert-OH is 1. The third kappa shape index (κ3) is 4.80. The summed E-state index contributed by atoms with van der Waals surface area (Å²) in [7, 11) is 0. The molecule has 5 heteroatoms. The number of piperidine rings is 1. The van der Waals surface area contributed by atoms with E-state index in [0.29, 0.717) is 45.4 Å². The first-order valence-corrected chi connectivity index (χ1v) is 7.78. The number of hydrogen-bond donors (Lipinski definition) is 1. The third-order valence-electron chi connectivity index (χ3n) is 3.43. The van der Waals surface area contributed by atoms with Crippen molar-refractivity contribution in [1.29, 1.82) is 0 Å². The highest BCUT2D eigenvalue weighted by Crippen LogP contribution is 2.16. The van der Waals surface area contributed by atoms with E-state index in [4.69, 9.17) is 4.74 Å². The number of ether oxygens (including phenoxy) is 1. The molecule has 1 fully saturated rings. The first-order valence-electron chi connectivity index (χ1n) is 6.99. The van der Waals surface area contributed by atoms with Crippen molar-refractivity contribution in [2.45, 2.75) is 31.8 Å². The minimum absolute atomic E-state index is 0.163. The fourth-order valence-corrected chi connectivity index (χ4v) is 2.48. The van der Waals surface area contributed by atoms with Gasteiger partial charge in [-0.3, -0.25) is 4.79 Å². The van der Waals surface area contributed by atoms with Crippen LogP contribution in [0.5, 0.6) is 5.75 Å². The number of amides is 1. The molecule has 1 amide bonds. The van der Waals surface area contributed by atoms with Crippen molar-refractivity contribution < 1.29 is 14.6 Å². The molecule has 1 aromatic rings. The SMILES string of the molecule is O=C(CCCOc1ccc(Br)cc1)N1CCC(O)CC1. The summed E-state index contributed by atoms with van der Waals surface area (Å²) < 4.78 is 6.60. The molecule has 0 aliphatic carbocycles. The number of benzene rings is 1. The second-order valence-electron chi connectivity index (χ2n) is 5.02. The normalized spacial score (nSPS) is 16.2. The summed E-state index contributed by atoms with van der Waals surface area (Å²) in [6.07, 6.45) is 2.38. The predicted octanol–water partition coefficient (Wildman–Crippen LogP) is 2.59. The largest absolute Gasteiger partial charge is 0.494 e. The number of rotatable bonds is 5. The predicted molar refractivity (Wildman–Crippen MR) is 80.7 cm³/mol. The topological polar surface area (TPSA) is 49.8 Å². The lowest BCUT2D eigenvalue weighted by molar-refractivity contribution is -0.133. The Balaban J connectivity index is 1.63. The van der Waals surface area contributed by atoms with Gasteiger partial charge in [0.2, 0.25) is 5.91 Å². The van der Waals surface area contributed by atoms with Gasteiger partial charge in [-0.15, -0.1) is 0 Å². The average Bonchev–Trinajstić information content (AvgIpc) is 2.46. The molecule has 1 aliphatic rings. The Bertz CT molecular complexity index is 427. The van der Waals surface area contributed by atoms with E-state index in [1.54, 1.807) is 0 Å². The van der Waals surface area contributed by atoms with E-state index in [-0.39, 0.29) is 12.0 Å². The molecule has 1 N–H and O–H groups in total. The maximum atomic E-state index is 11.9. The number of aliphatic hydroxyl groups is 1. The maximum Gasteiger partial charge on any atom is 0.222 e. The van der Waals surface area contributed by atoms with Gasteiger partial charge < -0.3 is 14.7 Å². The molecular formula is C15H20BrNO3. The summed E-state index contributed by atoms with van der Waals surface area (Å²) in [5.74, 6) is 0.984. The summed E-state index contributed by atoms with van der Waals surface area (Å²) in [6.45, 7) is 1.89. The Morgan fingerprint density at radius 2 is 1.95 bits per heavy atom. The second-order valence-corrected chi connectivity index (χ2v) is 5.93. The van der Waals surface area contributed by atoms with E-state index in [0.717, 1.165) is 10.2 Å². The Morgan fingerprint density at radius 1 is 1.30 bits per heavy atom. The van der Waals surface area contributed by atoms with E-state index in [1.807, 2.05) is 29.2 Å². The summed E-state index contributed by atoms with van der Waals surface area (Å²) in [4.78, 5) is 13.8. The fraction of sp³-hybridized carbons (Fsp3) is 0.533. The lowest BCUT2D eigenvalue weighted by atomic mass is 10.1. The molecule has 0 saturated carbocycles. The summed E-state index contributed by atoms with van der Waals surface area (Å²) in [6, 6.07) is 7.66. The van der Waals surface area contributed by atoms with Crippen LogP contribution < -0.4 is 4.74 Å². The van der Waals surface area contributed by atoms with Gasteiger partial charge in [0, 0.05) is 24.0 Å². The molecule has 4 nitrogen and oxygen atoms in total. The molecule has 2 rings (SSSR count). The average molecular weight is 342 g/mol. The number of carbonyl (C=O) groups is 1. The van der Waals surface area contributed by atoms with E-state index < -0.39 is 0 Å². The van der Waals surface area contributed by atoms with Gasteiger partial charge in [-0.2, -0.15) is 0 Å². The van der Waals surface area contributed by atoms with Crippen LogP contribution in [0.15, 0.2) is 28.7 Å². The van der Waals surface area contributed by atoms with Crippen LogP contribution in [0.1, 0.15) is 25.7 Å². The molecule has 0 atom stereocenters. The molecular weight excluding hydrogens is 322 g/mol. The van der Waals surface area contributed by atoms with Gasteiger partial charge in [0.25, 0.3) is 0 Å². The van der Waals surface area contributed by atoms with Crippen LogP contribution >= 0.6 is 15.9 Å². The second kappa shape index (κ2) is 7.64. The summed E-state index contributed by atoms with van der Waals surface area (Å²) in [5.41, 5.74) is 0. The van der Waals surface area contributed by atoms with Crippen LogP contribution in [0.4, 0.5) is 0 Å². The number of likely N-dealkylation sites (tertiary alicyclic amines) is 1. The lowest BCUT2D eigenvalue weighted by Gasteiger charge is -2.29. The maximum absolute atomic E-state index is 11.9. The molecule has 1 heterocycles. The monoisotopic (exact) mass is 341 g/mol. The van der Waals surface area contributed by atoms with Crippen molar-refractivity contribution in [2.75, 3.05) is 19.7 Å². The molecule has 0 radical (unpaired) electrons. The van der Waals surface area contributed by atoms with Crippen LogP contribution in [0.3, 0.4) is 0 Å². The van der Waals surface area contributed by atoms with Crippen LogP contribution in [-0.2, 0) is 4.79 Å².